The molecule has 3 aromatic rings. The van der Waals surface area contributed by atoms with Crippen LogP contribution in [0.2, 0.25) is 5.02 Å². The molecule has 1 heterocycles. The van der Waals surface area contributed by atoms with Crippen LogP contribution in [0.15, 0.2) is 53.3 Å². The number of halogens is 4. The maximum absolute atomic E-state index is 13.3. The predicted octanol–water partition coefficient (Wildman–Crippen LogP) is 6.74. The Hall–Kier alpha value is -3.53. The molecule has 2 aromatic carbocycles. The molecule has 216 valence electrons. The van der Waals surface area contributed by atoms with Crippen LogP contribution >= 0.6 is 11.6 Å². The highest BCUT2D eigenvalue weighted by Gasteiger charge is 2.31. The lowest BCUT2D eigenvalue weighted by molar-refractivity contribution is -0.134. The zero-order chi connectivity index (χ0) is 29.7. The molecular weight excluding hydrogens is 547 g/mol. The van der Waals surface area contributed by atoms with Gasteiger partial charge in [-0.3, -0.25) is 19.1 Å². The number of nitrogens with one attached hydrogen (secondary N) is 1. The Morgan fingerprint density at radius 2 is 1.73 bits per heavy atom. The van der Waals surface area contributed by atoms with E-state index in [0.717, 1.165) is 0 Å². The zero-order valence-corrected chi connectivity index (χ0v) is 23.7. The van der Waals surface area contributed by atoms with Gasteiger partial charge in [-0.1, -0.05) is 43.6 Å². The molecule has 0 saturated carbocycles. The average Bonchev–Trinajstić information content (AvgIpc) is 3.10. The lowest BCUT2D eigenvalue weighted by Crippen LogP contribution is -2.26. The second kappa shape index (κ2) is 12.8. The van der Waals surface area contributed by atoms with Crippen molar-refractivity contribution in [3.63, 3.8) is 0 Å². The summed E-state index contributed by atoms with van der Waals surface area (Å²) in [5.41, 5.74) is -0.602. The van der Waals surface area contributed by atoms with Crippen LogP contribution in [0.3, 0.4) is 0 Å². The summed E-state index contributed by atoms with van der Waals surface area (Å²) >= 11 is 6.07. The number of Topliss-reactive ketones (excluding diaryl/α,β-unsaturated/α-hetero) is 1. The van der Waals surface area contributed by atoms with Crippen LogP contribution in [0, 0.1) is 5.41 Å². The van der Waals surface area contributed by atoms with E-state index in [2.05, 4.69) is 5.32 Å². The van der Waals surface area contributed by atoms with Crippen molar-refractivity contribution in [2.75, 3.05) is 11.9 Å². The van der Waals surface area contributed by atoms with Gasteiger partial charge in [0.2, 0.25) is 5.91 Å². The number of ketones is 1. The van der Waals surface area contributed by atoms with Gasteiger partial charge in [-0.15, -0.1) is 0 Å². The minimum Gasteiger partial charge on any atom is -0.493 e. The number of anilines is 1. The summed E-state index contributed by atoms with van der Waals surface area (Å²) in [6, 6.07) is 13.3. The minimum absolute atomic E-state index is 0.0630. The molecule has 0 saturated heterocycles. The fourth-order valence-corrected chi connectivity index (χ4v) is 4.65. The molecule has 0 aliphatic carbocycles. The quantitative estimate of drug-likeness (QED) is 0.241. The maximum Gasteiger partial charge on any atom is 0.389 e. The molecule has 0 bridgehead atoms. The molecule has 7 nitrogen and oxygen atoms in total. The molecule has 0 atom stereocenters. The van der Waals surface area contributed by atoms with Crippen molar-refractivity contribution in [3.05, 3.63) is 75.2 Å². The van der Waals surface area contributed by atoms with Gasteiger partial charge in [0.1, 0.15) is 11.4 Å². The van der Waals surface area contributed by atoms with Gasteiger partial charge in [0.25, 0.3) is 5.56 Å². The van der Waals surface area contributed by atoms with Gasteiger partial charge in [-0.25, -0.2) is 4.68 Å². The fraction of sp³-hybridized carbons (Fsp3) is 0.414. The van der Waals surface area contributed by atoms with Crippen LogP contribution in [-0.4, -0.2) is 33.8 Å². The number of nitrogens with zero attached hydrogens (tertiary/aromatic N) is 2. The van der Waals surface area contributed by atoms with E-state index in [4.69, 9.17) is 16.3 Å². The van der Waals surface area contributed by atoms with E-state index in [0.29, 0.717) is 35.1 Å². The normalized spacial score (nSPS) is 11.9. The molecule has 0 aliphatic heterocycles. The second-order valence-corrected chi connectivity index (χ2v) is 10.7. The Morgan fingerprint density at radius 1 is 1.05 bits per heavy atom. The highest BCUT2D eigenvalue weighted by atomic mass is 35.5. The second-order valence-electron chi connectivity index (χ2n) is 10.3. The molecule has 0 radical (unpaired) electrons. The van der Waals surface area contributed by atoms with E-state index in [1.54, 1.807) is 69.3 Å². The molecule has 40 heavy (non-hydrogen) atoms. The summed E-state index contributed by atoms with van der Waals surface area (Å²) in [5, 5.41) is 2.97. The van der Waals surface area contributed by atoms with Gasteiger partial charge >= 0.3 is 6.18 Å². The number of carbonyl (C=O) groups excluding carboxylic acids is 2. The van der Waals surface area contributed by atoms with Crippen LogP contribution in [0.5, 0.6) is 5.75 Å². The molecular formula is C29H33ClF3N3O4. The number of amides is 1. The number of rotatable bonds is 12. The van der Waals surface area contributed by atoms with Gasteiger partial charge in [0.15, 0.2) is 5.78 Å². The Kier molecular flexibility index (Phi) is 9.89. The molecule has 0 spiro atoms. The average molecular weight is 580 g/mol. The number of carbonyl (C=O) groups is 2. The van der Waals surface area contributed by atoms with E-state index in [1.165, 1.54) is 16.4 Å². The van der Waals surface area contributed by atoms with Crippen molar-refractivity contribution < 1.29 is 27.5 Å². The summed E-state index contributed by atoms with van der Waals surface area (Å²) in [4.78, 5) is 39.3. The van der Waals surface area contributed by atoms with Crippen molar-refractivity contribution >= 4 is 29.0 Å². The van der Waals surface area contributed by atoms with Crippen LogP contribution < -0.4 is 15.6 Å². The molecule has 3 rings (SSSR count). The Morgan fingerprint density at radius 3 is 2.35 bits per heavy atom. The van der Waals surface area contributed by atoms with Crippen LogP contribution in [0.1, 0.15) is 62.5 Å². The minimum atomic E-state index is -4.44. The Labute approximate surface area is 235 Å². The molecule has 0 unspecified atom stereocenters. The standard InChI is InChI=1S/C29H33ClF3N3O4/c1-5-40-24-12-11-19(30)17-21(24)23(37)14-15-28(2,3)18-25(38)34-26-22(13-16-29(31,32)33)35(4)36(27(26)39)20-9-7-6-8-10-20/h6-12,17H,5,13-16,18H2,1-4H3,(H,34,38). The molecule has 11 heteroatoms. The maximum atomic E-state index is 13.3. The summed E-state index contributed by atoms with van der Waals surface area (Å²) < 4.78 is 47.3. The smallest absolute Gasteiger partial charge is 0.389 e. The largest absolute Gasteiger partial charge is 0.493 e. The van der Waals surface area contributed by atoms with Gasteiger partial charge < -0.3 is 10.1 Å². The number of aromatic nitrogens is 2. The number of alkyl halides is 3. The van der Waals surface area contributed by atoms with Crippen LogP contribution in [0.25, 0.3) is 5.69 Å². The SMILES string of the molecule is CCOc1ccc(Cl)cc1C(=O)CCC(C)(C)CC(=O)Nc1c(CCC(F)(F)F)n(C)n(-c2ccccc2)c1=O. The third kappa shape index (κ3) is 8.00. The van der Waals surface area contributed by atoms with E-state index < -0.39 is 35.9 Å². The number of hydrogen-bond donors (Lipinski definition) is 1. The monoisotopic (exact) mass is 579 g/mol. The van der Waals surface area contributed by atoms with E-state index >= 15 is 0 Å². The summed E-state index contributed by atoms with van der Waals surface area (Å²) in [5.74, 6) is -0.299. The van der Waals surface area contributed by atoms with Gasteiger partial charge in [-0.05, 0) is 49.1 Å². The molecule has 0 aliphatic rings. The molecule has 1 N–H and O–H groups in total. The Balaban J connectivity index is 1.78. The van der Waals surface area contributed by atoms with Gasteiger partial charge in [0.05, 0.1) is 23.6 Å². The fourth-order valence-electron chi connectivity index (χ4n) is 4.48. The highest BCUT2D eigenvalue weighted by molar-refractivity contribution is 6.31. The first-order valence-electron chi connectivity index (χ1n) is 12.9. The van der Waals surface area contributed by atoms with Crippen LogP contribution in [0.4, 0.5) is 18.9 Å². The predicted molar refractivity (Wildman–Crippen MR) is 149 cm³/mol. The first-order chi connectivity index (χ1) is 18.7. The van der Waals surface area contributed by atoms with Crippen molar-refractivity contribution in [3.8, 4) is 11.4 Å². The van der Waals surface area contributed by atoms with Crippen molar-refractivity contribution in [1.29, 1.82) is 0 Å². The van der Waals surface area contributed by atoms with Crippen molar-refractivity contribution in [1.82, 2.24) is 9.36 Å². The Bertz CT molecular complexity index is 1410. The summed E-state index contributed by atoms with van der Waals surface area (Å²) in [7, 11) is 1.48. The number of benzene rings is 2. The van der Waals surface area contributed by atoms with E-state index in [9.17, 15) is 27.6 Å². The molecule has 1 aromatic heterocycles. The lowest BCUT2D eigenvalue weighted by atomic mass is 9.82. The first-order valence-corrected chi connectivity index (χ1v) is 13.3. The summed E-state index contributed by atoms with van der Waals surface area (Å²) in [6.07, 6.45) is -5.68. The third-order valence-corrected chi connectivity index (χ3v) is 6.74. The zero-order valence-electron chi connectivity index (χ0n) is 22.9. The van der Waals surface area contributed by atoms with E-state index in [1.807, 2.05) is 0 Å². The van der Waals surface area contributed by atoms with Crippen molar-refractivity contribution in [2.24, 2.45) is 12.5 Å². The number of ether oxygens (including phenoxy) is 1. The van der Waals surface area contributed by atoms with Gasteiger partial charge in [-0.2, -0.15) is 13.2 Å². The third-order valence-electron chi connectivity index (χ3n) is 6.51. The first kappa shape index (κ1) is 31.0. The topological polar surface area (TPSA) is 82.3 Å². The molecule has 1 amide bonds. The molecule has 0 fully saturated rings. The highest BCUT2D eigenvalue weighted by Crippen LogP contribution is 2.31. The number of para-hydroxylation sites is 1. The summed E-state index contributed by atoms with van der Waals surface area (Å²) in [6.45, 7) is 5.79. The number of hydrogen-bond acceptors (Lipinski definition) is 4. The van der Waals surface area contributed by atoms with E-state index in [-0.39, 0.29) is 30.0 Å². The van der Waals surface area contributed by atoms with Gasteiger partial charge in [0, 0.05) is 37.8 Å². The van der Waals surface area contributed by atoms with Crippen LogP contribution in [-0.2, 0) is 18.3 Å². The van der Waals surface area contributed by atoms with Crippen molar-refractivity contribution in [2.45, 2.75) is 59.1 Å². The lowest BCUT2D eigenvalue weighted by Gasteiger charge is -2.23.